The van der Waals surface area contributed by atoms with Crippen molar-refractivity contribution in [1.82, 2.24) is 15.1 Å². The maximum absolute atomic E-state index is 12.3. The molecule has 0 aliphatic rings. The second-order valence-corrected chi connectivity index (χ2v) is 8.44. The van der Waals surface area contributed by atoms with Crippen LogP contribution in [0.4, 0.5) is 0 Å². The van der Waals surface area contributed by atoms with Crippen molar-refractivity contribution in [2.75, 3.05) is 60.7 Å². The molecular formula is C21H41N3O6. The number of hydrogen-bond acceptors (Lipinski definition) is 7. The summed E-state index contributed by atoms with van der Waals surface area (Å²) in [5, 5.41) is 2.84. The van der Waals surface area contributed by atoms with Gasteiger partial charge in [0, 0.05) is 26.6 Å². The Balaban J connectivity index is 3.86. The third-order valence-electron chi connectivity index (χ3n) is 4.09. The van der Waals surface area contributed by atoms with E-state index in [1.54, 1.807) is 27.8 Å². The lowest BCUT2D eigenvalue weighted by molar-refractivity contribution is -0.162. The van der Waals surface area contributed by atoms with Gasteiger partial charge in [-0.15, -0.1) is 0 Å². The minimum absolute atomic E-state index is 0.0720. The largest absolute Gasteiger partial charge is 0.458 e. The van der Waals surface area contributed by atoms with Crippen molar-refractivity contribution in [1.29, 1.82) is 0 Å². The minimum atomic E-state index is -0.620. The maximum atomic E-state index is 12.3. The lowest BCUT2D eigenvalue weighted by Crippen LogP contribution is -2.42. The Hall–Kier alpha value is -1.71. The highest BCUT2D eigenvalue weighted by Gasteiger charge is 2.27. The summed E-state index contributed by atoms with van der Waals surface area (Å²) in [6.07, 6.45) is 2.80. The molecule has 0 heterocycles. The fourth-order valence-electron chi connectivity index (χ4n) is 2.44. The molecule has 176 valence electrons. The molecule has 0 saturated heterocycles. The van der Waals surface area contributed by atoms with E-state index in [0.717, 1.165) is 6.54 Å². The minimum Gasteiger partial charge on any atom is -0.458 e. The summed E-state index contributed by atoms with van der Waals surface area (Å²) in [5.41, 5.74) is -0.604. The fraction of sp³-hybridized carbons (Fsp3) is 0.857. The Morgan fingerprint density at radius 3 is 2.20 bits per heavy atom. The molecule has 0 saturated carbocycles. The van der Waals surface area contributed by atoms with E-state index in [0.29, 0.717) is 65.1 Å². The average Bonchev–Trinajstić information content (AvgIpc) is 2.64. The topological polar surface area (TPSA) is 97.4 Å². The number of nitrogens with zero attached hydrogens (tertiary/aromatic N) is 2. The zero-order valence-electron chi connectivity index (χ0n) is 19.6. The maximum Gasteiger partial charge on any atom is 0.329 e. The van der Waals surface area contributed by atoms with E-state index in [1.807, 2.05) is 19.0 Å². The molecule has 1 unspecified atom stereocenters. The molecule has 0 aromatic rings. The van der Waals surface area contributed by atoms with Gasteiger partial charge in [-0.3, -0.25) is 9.59 Å². The van der Waals surface area contributed by atoms with E-state index in [2.05, 4.69) is 5.32 Å². The second-order valence-electron chi connectivity index (χ2n) is 8.44. The summed E-state index contributed by atoms with van der Waals surface area (Å²) in [6.45, 7) is 8.76. The third-order valence-corrected chi connectivity index (χ3v) is 4.09. The molecule has 0 aromatic heterocycles. The van der Waals surface area contributed by atoms with Gasteiger partial charge >= 0.3 is 5.97 Å². The lowest BCUT2D eigenvalue weighted by Gasteiger charge is -2.27. The molecule has 9 heteroatoms. The van der Waals surface area contributed by atoms with E-state index in [1.165, 1.54) is 4.90 Å². The number of ether oxygens (including phenoxy) is 3. The first-order chi connectivity index (χ1) is 14.1. The van der Waals surface area contributed by atoms with E-state index >= 15 is 0 Å². The van der Waals surface area contributed by atoms with Crippen molar-refractivity contribution in [2.24, 2.45) is 0 Å². The van der Waals surface area contributed by atoms with Crippen LogP contribution >= 0.6 is 0 Å². The molecule has 9 nitrogen and oxygen atoms in total. The molecule has 0 spiro atoms. The van der Waals surface area contributed by atoms with E-state index in [9.17, 15) is 14.4 Å². The number of nitrogens with one attached hydrogen (secondary N) is 1. The van der Waals surface area contributed by atoms with Crippen LogP contribution in [0.25, 0.3) is 0 Å². The smallest absolute Gasteiger partial charge is 0.329 e. The monoisotopic (exact) mass is 431 g/mol. The van der Waals surface area contributed by atoms with Crippen molar-refractivity contribution in [3.8, 4) is 0 Å². The van der Waals surface area contributed by atoms with Gasteiger partial charge in [-0.05, 0) is 54.1 Å². The summed E-state index contributed by atoms with van der Waals surface area (Å²) in [5.74, 6) is -0.485. The van der Waals surface area contributed by atoms with Crippen LogP contribution in [0.1, 0.15) is 46.5 Å². The highest BCUT2D eigenvalue weighted by atomic mass is 16.6. The van der Waals surface area contributed by atoms with Crippen molar-refractivity contribution < 1.29 is 28.6 Å². The lowest BCUT2D eigenvalue weighted by atomic mass is 10.1. The molecule has 0 rings (SSSR count). The summed E-state index contributed by atoms with van der Waals surface area (Å²) in [6, 6.07) is -0.620. The molecule has 0 radical (unpaired) electrons. The second kappa shape index (κ2) is 16.0. The third kappa shape index (κ3) is 16.1. The van der Waals surface area contributed by atoms with E-state index < -0.39 is 17.6 Å². The number of amides is 2. The van der Waals surface area contributed by atoms with Gasteiger partial charge in [-0.25, -0.2) is 4.79 Å². The van der Waals surface area contributed by atoms with Crippen LogP contribution in [0.3, 0.4) is 0 Å². The Kier molecular flexibility index (Phi) is 15.1. The SMILES string of the molecule is CN(C)CCOCCOCCC(=O)NCCCCC(C(=O)OC(C)(C)C)N(C)C=O. The molecule has 1 N–H and O–H groups in total. The first-order valence-electron chi connectivity index (χ1n) is 10.5. The van der Waals surface area contributed by atoms with Crippen LogP contribution in [0.5, 0.6) is 0 Å². The van der Waals surface area contributed by atoms with Crippen LogP contribution in [0.15, 0.2) is 0 Å². The molecule has 0 aliphatic carbocycles. The zero-order valence-corrected chi connectivity index (χ0v) is 19.6. The molecule has 0 aliphatic heterocycles. The highest BCUT2D eigenvalue weighted by Crippen LogP contribution is 2.14. The van der Waals surface area contributed by atoms with Gasteiger partial charge in [0.25, 0.3) is 0 Å². The Morgan fingerprint density at radius 1 is 1.00 bits per heavy atom. The number of esters is 1. The van der Waals surface area contributed by atoms with E-state index in [-0.39, 0.29) is 5.91 Å². The molecular weight excluding hydrogens is 390 g/mol. The van der Waals surface area contributed by atoms with Gasteiger partial charge in [0.15, 0.2) is 0 Å². The first kappa shape index (κ1) is 28.3. The molecule has 0 aromatic carbocycles. The molecule has 30 heavy (non-hydrogen) atoms. The van der Waals surface area contributed by atoms with Crippen molar-refractivity contribution in [2.45, 2.75) is 58.1 Å². The summed E-state index contributed by atoms with van der Waals surface area (Å²) in [4.78, 5) is 38.5. The highest BCUT2D eigenvalue weighted by molar-refractivity contribution is 5.78. The number of rotatable bonds is 17. The van der Waals surface area contributed by atoms with Gasteiger partial charge in [-0.1, -0.05) is 0 Å². The van der Waals surface area contributed by atoms with Gasteiger partial charge in [0.05, 0.1) is 26.4 Å². The summed E-state index contributed by atoms with van der Waals surface area (Å²) in [7, 11) is 5.54. The number of unbranched alkanes of at least 4 members (excludes halogenated alkanes) is 1. The van der Waals surface area contributed by atoms with Gasteiger partial charge in [0.2, 0.25) is 12.3 Å². The number of carbonyl (C=O) groups excluding carboxylic acids is 3. The van der Waals surface area contributed by atoms with Crippen molar-refractivity contribution in [3.05, 3.63) is 0 Å². The zero-order chi connectivity index (χ0) is 23.0. The van der Waals surface area contributed by atoms with Crippen molar-refractivity contribution in [3.63, 3.8) is 0 Å². The Morgan fingerprint density at radius 2 is 1.63 bits per heavy atom. The van der Waals surface area contributed by atoms with Crippen LogP contribution in [0, 0.1) is 0 Å². The Labute approximate surface area is 181 Å². The van der Waals surface area contributed by atoms with Gasteiger partial charge in [0.1, 0.15) is 11.6 Å². The van der Waals surface area contributed by atoms with Gasteiger partial charge < -0.3 is 29.3 Å². The molecule has 2 amide bonds. The molecule has 0 fully saturated rings. The van der Waals surface area contributed by atoms with Crippen molar-refractivity contribution >= 4 is 18.3 Å². The number of carbonyl (C=O) groups is 3. The number of likely N-dealkylation sites (N-methyl/N-ethyl adjacent to an activating group) is 2. The predicted molar refractivity (Wildman–Crippen MR) is 115 cm³/mol. The summed E-state index contributed by atoms with van der Waals surface area (Å²) < 4.78 is 16.2. The normalized spacial score (nSPS) is 12.5. The van der Waals surface area contributed by atoms with Gasteiger partial charge in [-0.2, -0.15) is 0 Å². The average molecular weight is 432 g/mol. The first-order valence-corrected chi connectivity index (χ1v) is 10.5. The van der Waals surface area contributed by atoms with Crippen LogP contribution in [-0.2, 0) is 28.6 Å². The van der Waals surface area contributed by atoms with Crippen LogP contribution in [-0.4, -0.2) is 100 Å². The summed E-state index contributed by atoms with van der Waals surface area (Å²) >= 11 is 0. The quantitative estimate of drug-likeness (QED) is 0.209. The fourth-order valence-corrected chi connectivity index (χ4v) is 2.44. The van der Waals surface area contributed by atoms with Crippen LogP contribution < -0.4 is 5.32 Å². The predicted octanol–water partition coefficient (Wildman–Crippen LogP) is 1.06. The molecule has 1 atom stereocenters. The van der Waals surface area contributed by atoms with E-state index in [4.69, 9.17) is 14.2 Å². The molecule has 0 bridgehead atoms. The standard InChI is InChI=1S/C21H41N3O6/c1-21(2,3)30-20(27)18(24(6)17-25)9-7-8-11-22-19(26)10-13-28-15-16-29-14-12-23(4)5/h17-18H,7-16H2,1-6H3,(H,22,26). The van der Waals surface area contributed by atoms with Crippen LogP contribution in [0.2, 0.25) is 0 Å². The number of hydrogen-bond donors (Lipinski definition) is 1. The Bertz CT molecular complexity index is 494.